The number of carbonyl (C=O) groups is 2. The standard InChI is InChI=1S/C26H26N6O2S2/c33-25(15-19-6-2-12-35-19)27-23-10-8-21(29-31-23)17-4-1-5-18(14-17)22-9-11-24(32-30-22)28-26(34)16-20-7-3-13-36-20/h2-3,6-13,17-18H,1,4-5,14-16H2,(H,27,31,33)(H,28,32,34)/t17-,18-/m1/s1. The molecule has 1 fully saturated rings. The Bertz CT molecular complexity index is 1180. The molecule has 10 heteroatoms. The molecule has 0 saturated heterocycles. The van der Waals surface area contributed by atoms with Gasteiger partial charge >= 0.3 is 0 Å². The summed E-state index contributed by atoms with van der Waals surface area (Å²) in [6, 6.07) is 15.3. The summed E-state index contributed by atoms with van der Waals surface area (Å²) in [6.45, 7) is 0. The number of nitrogens with zero attached hydrogens (tertiary/aromatic N) is 4. The number of amides is 2. The van der Waals surface area contributed by atoms with Gasteiger partial charge in [-0.3, -0.25) is 9.59 Å². The van der Waals surface area contributed by atoms with Gasteiger partial charge in [0.15, 0.2) is 11.6 Å². The van der Waals surface area contributed by atoms with Crippen LogP contribution in [0.4, 0.5) is 11.6 Å². The van der Waals surface area contributed by atoms with Crippen molar-refractivity contribution in [1.29, 1.82) is 0 Å². The van der Waals surface area contributed by atoms with E-state index in [0.29, 0.717) is 24.5 Å². The highest BCUT2D eigenvalue weighted by Gasteiger charge is 2.27. The molecular formula is C26H26N6O2S2. The van der Waals surface area contributed by atoms with Crippen molar-refractivity contribution in [3.05, 3.63) is 80.4 Å². The minimum absolute atomic E-state index is 0.0954. The van der Waals surface area contributed by atoms with Crippen molar-refractivity contribution in [3.63, 3.8) is 0 Å². The monoisotopic (exact) mass is 518 g/mol. The second kappa shape index (κ2) is 11.5. The first kappa shape index (κ1) is 24.2. The number of rotatable bonds is 8. The third-order valence-electron chi connectivity index (χ3n) is 6.25. The van der Waals surface area contributed by atoms with Gasteiger partial charge in [-0.05, 0) is 66.4 Å². The Morgan fingerprint density at radius 1 is 0.722 bits per heavy atom. The zero-order valence-corrected chi connectivity index (χ0v) is 21.2. The number of aromatic nitrogens is 4. The number of nitrogens with one attached hydrogen (secondary N) is 2. The molecule has 5 rings (SSSR count). The molecule has 1 aliphatic rings. The molecule has 0 radical (unpaired) electrons. The van der Waals surface area contributed by atoms with Crippen LogP contribution in [0.25, 0.3) is 0 Å². The van der Waals surface area contributed by atoms with E-state index in [1.165, 1.54) is 0 Å². The molecular weight excluding hydrogens is 492 g/mol. The van der Waals surface area contributed by atoms with Gasteiger partial charge in [0.25, 0.3) is 0 Å². The summed E-state index contributed by atoms with van der Waals surface area (Å²) in [5, 5.41) is 26.9. The molecule has 184 valence electrons. The lowest BCUT2D eigenvalue weighted by Gasteiger charge is -2.28. The highest BCUT2D eigenvalue weighted by atomic mass is 32.1. The molecule has 4 heterocycles. The average Bonchev–Trinajstić information content (AvgIpc) is 3.59. The van der Waals surface area contributed by atoms with Crippen LogP contribution in [-0.4, -0.2) is 32.2 Å². The topological polar surface area (TPSA) is 110 Å². The number of hydrogen-bond acceptors (Lipinski definition) is 8. The van der Waals surface area contributed by atoms with Crippen LogP contribution in [0, 0.1) is 0 Å². The van der Waals surface area contributed by atoms with Crippen molar-refractivity contribution in [2.75, 3.05) is 10.6 Å². The summed E-state index contributed by atoms with van der Waals surface area (Å²) in [4.78, 5) is 26.5. The lowest BCUT2D eigenvalue weighted by Crippen LogP contribution is -2.18. The van der Waals surface area contributed by atoms with Gasteiger partial charge in [0.2, 0.25) is 11.8 Å². The zero-order chi connectivity index (χ0) is 24.7. The fourth-order valence-electron chi connectivity index (χ4n) is 4.50. The Balaban J connectivity index is 1.15. The highest BCUT2D eigenvalue weighted by molar-refractivity contribution is 7.10. The molecule has 2 atom stereocenters. The van der Waals surface area contributed by atoms with Gasteiger partial charge in [-0.2, -0.15) is 10.2 Å². The molecule has 2 N–H and O–H groups in total. The maximum atomic E-state index is 12.2. The predicted molar refractivity (Wildman–Crippen MR) is 141 cm³/mol. The average molecular weight is 519 g/mol. The van der Waals surface area contributed by atoms with Gasteiger partial charge in [-0.25, -0.2) is 0 Å². The summed E-state index contributed by atoms with van der Waals surface area (Å²) < 4.78 is 0. The summed E-state index contributed by atoms with van der Waals surface area (Å²) in [5.41, 5.74) is 1.86. The fraction of sp³-hybridized carbons (Fsp3) is 0.308. The van der Waals surface area contributed by atoms with E-state index < -0.39 is 0 Å². The molecule has 0 bridgehead atoms. The van der Waals surface area contributed by atoms with E-state index in [9.17, 15) is 9.59 Å². The van der Waals surface area contributed by atoms with Crippen LogP contribution < -0.4 is 10.6 Å². The van der Waals surface area contributed by atoms with E-state index in [1.54, 1.807) is 22.7 Å². The Kier molecular flexibility index (Phi) is 7.73. The van der Waals surface area contributed by atoms with Crippen LogP contribution in [0.3, 0.4) is 0 Å². The summed E-state index contributed by atoms with van der Waals surface area (Å²) >= 11 is 3.12. The molecule has 4 aromatic rings. The molecule has 0 spiro atoms. The van der Waals surface area contributed by atoms with Crippen molar-refractivity contribution >= 4 is 46.1 Å². The molecule has 0 aliphatic heterocycles. The first-order valence-electron chi connectivity index (χ1n) is 11.9. The van der Waals surface area contributed by atoms with Gasteiger partial charge in [0, 0.05) is 21.6 Å². The van der Waals surface area contributed by atoms with Crippen molar-refractivity contribution in [2.45, 2.75) is 50.4 Å². The molecule has 4 aromatic heterocycles. The smallest absolute Gasteiger partial charge is 0.230 e. The van der Waals surface area contributed by atoms with Crippen molar-refractivity contribution in [3.8, 4) is 0 Å². The third kappa shape index (κ3) is 6.38. The SMILES string of the molecule is O=C(Cc1cccs1)Nc1ccc([C@@H]2CCC[C@@H](c3ccc(NC(=O)Cc4cccs4)nn3)C2)nn1. The zero-order valence-electron chi connectivity index (χ0n) is 19.6. The van der Waals surface area contributed by atoms with E-state index in [2.05, 4.69) is 31.0 Å². The lowest BCUT2D eigenvalue weighted by atomic mass is 9.78. The Morgan fingerprint density at radius 2 is 1.22 bits per heavy atom. The molecule has 2 amide bonds. The van der Waals surface area contributed by atoms with Crippen LogP contribution in [0.2, 0.25) is 0 Å². The van der Waals surface area contributed by atoms with Crippen LogP contribution in [0.5, 0.6) is 0 Å². The van der Waals surface area contributed by atoms with Crippen LogP contribution in [0.15, 0.2) is 59.3 Å². The first-order valence-corrected chi connectivity index (χ1v) is 13.7. The summed E-state index contributed by atoms with van der Waals surface area (Å²) in [7, 11) is 0. The van der Waals surface area contributed by atoms with E-state index in [4.69, 9.17) is 0 Å². The first-order chi connectivity index (χ1) is 17.6. The van der Waals surface area contributed by atoms with Gasteiger partial charge in [-0.15, -0.1) is 32.9 Å². The predicted octanol–water partition coefficient (Wildman–Crippen LogP) is 5.19. The number of anilines is 2. The third-order valence-corrected chi connectivity index (χ3v) is 8.00. The second-order valence-electron chi connectivity index (χ2n) is 8.86. The van der Waals surface area contributed by atoms with Crippen LogP contribution in [-0.2, 0) is 22.4 Å². The highest BCUT2D eigenvalue weighted by Crippen LogP contribution is 2.40. The van der Waals surface area contributed by atoms with E-state index >= 15 is 0 Å². The van der Waals surface area contributed by atoms with Crippen LogP contribution >= 0.6 is 22.7 Å². The van der Waals surface area contributed by atoms with Crippen molar-refractivity contribution in [2.24, 2.45) is 0 Å². The van der Waals surface area contributed by atoms with Crippen molar-refractivity contribution in [1.82, 2.24) is 20.4 Å². The van der Waals surface area contributed by atoms with E-state index in [-0.39, 0.29) is 23.7 Å². The van der Waals surface area contributed by atoms with E-state index in [0.717, 1.165) is 46.8 Å². The maximum Gasteiger partial charge on any atom is 0.230 e. The normalized spacial score (nSPS) is 17.4. The molecule has 1 aliphatic carbocycles. The Labute approximate surface area is 217 Å². The number of hydrogen-bond donors (Lipinski definition) is 2. The molecule has 0 unspecified atom stereocenters. The Hall–Kier alpha value is -3.50. The fourth-order valence-corrected chi connectivity index (χ4v) is 5.90. The Morgan fingerprint density at radius 3 is 1.61 bits per heavy atom. The quantitative estimate of drug-likeness (QED) is 0.332. The number of carbonyl (C=O) groups excluding carboxylic acids is 2. The van der Waals surface area contributed by atoms with Gasteiger partial charge < -0.3 is 10.6 Å². The lowest BCUT2D eigenvalue weighted by molar-refractivity contribution is -0.116. The van der Waals surface area contributed by atoms with Gasteiger partial charge in [0.05, 0.1) is 24.2 Å². The van der Waals surface area contributed by atoms with E-state index in [1.807, 2.05) is 59.3 Å². The largest absolute Gasteiger partial charge is 0.309 e. The molecule has 36 heavy (non-hydrogen) atoms. The summed E-state index contributed by atoms with van der Waals surface area (Å²) in [6.07, 6.45) is 4.74. The van der Waals surface area contributed by atoms with Gasteiger partial charge in [0.1, 0.15) is 0 Å². The molecule has 8 nitrogen and oxygen atoms in total. The van der Waals surface area contributed by atoms with Gasteiger partial charge in [-0.1, -0.05) is 18.6 Å². The van der Waals surface area contributed by atoms with Crippen LogP contribution in [0.1, 0.15) is 58.7 Å². The minimum atomic E-state index is -0.0954. The molecule has 0 aromatic carbocycles. The second-order valence-corrected chi connectivity index (χ2v) is 10.9. The number of thiophene rings is 2. The summed E-state index contributed by atoms with van der Waals surface area (Å²) in [5.74, 6) is 1.30. The van der Waals surface area contributed by atoms with Crippen molar-refractivity contribution < 1.29 is 9.59 Å². The maximum absolute atomic E-state index is 12.2. The molecule has 1 saturated carbocycles. The minimum Gasteiger partial charge on any atom is -0.309 e.